The zero-order valence-electron chi connectivity index (χ0n) is 13.7. The number of aliphatic hydroxyl groups excluding tert-OH is 1. The maximum atomic E-state index is 11.9. The van der Waals surface area contributed by atoms with Crippen molar-refractivity contribution in [1.82, 2.24) is 15.2 Å². The van der Waals surface area contributed by atoms with Gasteiger partial charge in [-0.05, 0) is 19.1 Å². The van der Waals surface area contributed by atoms with E-state index in [-0.39, 0.29) is 50.9 Å². The number of hydrogen-bond acceptors (Lipinski definition) is 7. The van der Waals surface area contributed by atoms with Crippen LogP contribution in [0.25, 0.3) is 11.3 Å². The van der Waals surface area contributed by atoms with E-state index in [4.69, 9.17) is 27.9 Å². The molecule has 1 unspecified atom stereocenters. The minimum absolute atomic E-state index is 0.0523. The first-order chi connectivity index (χ1) is 12.8. The normalized spacial score (nSPS) is 15.2. The van der Waals surface area contributed by atoms with Crippen LogP contribution in [-0.4, -0.2) is 44.6 Å². The lowest BCUT2D eigenvalue weighted by Crippen LogP contribution is -2.25. The highest BCUT2D eigenvalue weighted by Crippen LogP contribution is 2.37. The van der Waals surface area contributed by atoms with Crippen LogP contribution in [0, 0.1) is 0 Å². The molecule has 27 heavy (non-hydrogen) atoms. The van der Waals surface area contributed by atoms with Gasteiger partial charge in [-0.25, -0.2) is 14.9 Å². The first kappa shape index (κ1) is 19.0. The van der Waals surface area contributed by atoms with E-state index in [2.05, 4.69) is 15.2 Å². The molecule has 140 valence electrons. The van der Waals surface area contributed by atoms with Crippen LogP contribution < -0.4 is 16.0 Å². The van der Waals surface area contributed by atoms with Crippen LogP contribution in [0.2, 0.25) is 10.0 Å². The number of hydrogen-bond donors (Lipinski definition) is 3. The van der Waals surface area contributed by atoms with Crippen molar-refractivity contribution in [2.75, 3.05) is 6.54 Å². The number of carbonyl (C=O) groups excluding carboxylic acids is 1. The monoisotopic (exact) mass is 410 g/mol. The fraction of sp³-hybridized carbons (Fsp3) is 0.188. The number of Topliss-reactive ketones (excluding diaryl/α,β-unsaturated/α-hetero) is 1. The van der Waals surface area contributed by atoms with Crippen LogP contribution >= 0.6 is 23.2 Å². The van der Waals surface area contributed by atoms with Gasteiger partial charge in [-0.2, -0.15) is 5.10 Å². The van der Waals surface area contributed by atoms with Gasteiger partial charge in [-0.15, -0.1) is 0 Å². The molecule has 1 atom stereocenters. The Kier molecular flexibility index (Phi) is 5.26. The van der Waals surface area contributed by atoms with Crippen LogP contribution in [0.3, 0.4) is 0 Å². The lowest BCUT2D eigenvalue weighted by atomic mass is 10.0. The Labute approximate surface area is 161 Å². The summed E-state index contributed by atoms with van der Waals surface area (Å²) in [6.07, 6.45) is 0.337. The number of H-pyrrole nitrogens is 2. The molecule has 0 spiro atoms. The van der Waals surface area contributed by atoms with Crippen molar-refractivity contribution in [2.45, 2.75) is 13.0 Å². The molecule has 1 aliphatic heterocycles. The molecule has 0 saturated carbocycles. The SMILES string of the molecule is CC(O)C1=CC(Oc2c(Cl)cc(-c3n[nH]c(=O)[nH]c3=O)cc2Cl)=NCC1=O. The predicted octanol–water partition coefficient (Wildman–Crippen LogP) is 1.10. The molecule has 1 aliphatic rings. The number of dihydropyridines is 1. The number of nitrogens with zero attached hydrogens (tertiary/aromatic N) is 2. The molecule has 9 nitrogen and oxygen atoms in total. The van der Waals surface area contributed by atoms with E-state index < -0.39 is 17.4 Å². The Hall–Kier alpha value is -2.75. The second-order valence-electron chi connectivity index (χ2n) is 5.58. The Bertz CT molecular complexity index is 1080. The summed E-state index contributed by atoms with van der Waals surface area (Å²) in [7, 11) is 0. The molecule has 0 fully saturated rings. The number of ketones is 1. The molecule has 0 amide bonds. The summed E-state index contributed by atoms with van der Waals surface area (Å²) in [5, 5.41) is 15.5. The van der Waals surface area contributed by atoms with Gasteiger partial charge < -0.3 is 9.84 Å². The average Bonchev–Trinajstić information content (AvgIpc) is 2.59. The van der Waals surface area contributed by atoms with E-state index >= 15 is 0 Å². The molecule has 3 N–H and O–H groups in total. The third-order valence-corrected chi connectivity index (χ3v) is 4.18. The van der Waals surface area contributed by atoms with E-state index in [0.29, 0.717) is 0 Å². The Morgan fingerprint density at radius 3 is 2.48 bits per heavy atom. The van der Waals surface area contributed by atoms with Crippen LogP contribution in [0.5, 0.6) is 5.75 Å². The molecule has 3 rings (SSSR count). The predicted molar refractivity (Wildman–Crippen MR) is 98.6 cm³/mol. The van der Waals surface area contributed by atoms with Gasteiger partial charge in [0.15, 0.2) is 17.2 Å². The summed E-state index contributed by atoms with van der Waals surface area (Å²) in [5.74, 6) is -0.201. The lowest BCUT2D eigenvalue weighted by Gasteiger charge is -2.16. The third kappa shape index (κ3) is 4.00. The average molecular weight is 411 g/mol. The van der Waals surface area contributed by atoms with Crippen molar-refractivity contribution in [3.8, 4) is 17.0 Å². The van der Waals surface area contributed by atoms with E-state index in [0.717, 1.165) is 0 Å². The number of halogens is 2. The number of ether oxygens (including phenoxy) is 1. The maximum Gasteiger partial charge on any atom is 0.342 e. The molecule has 1 aromatic carbocycles. The minimum atomic E-state index is -0.974. The van der Waals surface area contributed by atoms with Crippen LogP contribution in [0.4, 0.5) is 0 Å². The fourth-order valence-corrected chi connectivity index (χ4v) is 2.92. The van der Waals surface area contributed by atoms with Crippen molar-refractivity contribution < 1.29 is 14.6 Å². The molecule has 0 bridgehead atoms. The van der Waals surface area contributed by atoms with Gasteiger partial charge in [0.05, 0.1) is 16.1 Å². The standard InChI is InChI=1S/C16H12Cl2N4O5/c1-6(23)8-4-12(19-5-11(8)24)27-14-9(17)2-7(3-10(14)18)13-15(25)20-16(26)22-21-13/h2-4,6,23H,5H2,1H3,(H2,20,22,25,26). The van der Waals surface area contributed by atoms with Crippen molar-refractivity contribution in [3.05, 3.63) is 54.7 Å². The van der Waals surface area contributed by atoms with Gasteiger partial charge in [0.25, 0.3) is 5.56 Å². The zero-order chi connectivity index (χ0) is 19.7. The highest BCUT2D eigenvalue weighted by molar-refractivity contribution is 6.38. The van der Waals surface area contributed by atoms with Crippen molar-refractivity contribution in [2.24, 2.45) is 4.99 Å². The van der Waals surface area contributed by atoms with Gasteiger partial charge in [-0.1, -0.05) is 23.2 Å². The maximum absolute atomic E-state index is 11.9. The van der Waals surface area contributed by atoms with E-state index in [9.17, 15) is 19.5 Å². The van der Waals surface area contributed by atoms with Gasteiger partial charge in [0, 0.05) is 17.2 Å². The molecule has 11 heteroatoms. The summed E-state index contributed by atoms with van der Waals surface area (Å²) in [5.41, 5.74) is -1.11. The van der Waals surface area contributed by atoms with Crippen molar-refractivity contribution in [3.63, 3.8) is 0 Å². The summed E-state index contributed by atoms with van der Waals surface area (Å²) >= 11 is 12.4. The molecular formula is C16H12Cl2N4O5. The summed E-state index contributed by atoms with van der Waals surface area (Å²) in [6.45, 7) is 1.28. The van der Waals surface area contributed by atoms with Crippen LogP contribution in [0.1, 0.15) is 6.92 Å². The van der Waals surface area contributed by atoms with Crippen LogP contribution in [-0.2, 0) is 4.79 Å². The van der Waals surface area contributed by atoms with Gasteiger partial charge in [-0.3, -0.25) is 14.6 Å². The number of aromatic nitrogens is 3. The first-order valence-corrected chi connectivity index (χ1v) is 8.35. The van der Waals surface area contributed by atoms with E-state index in [1.165, 1.54) is 25.1 Å². The number of aliphatic imine (C=N–C) groups is 1. The molecule has 0 radical (unpaired) electrons. The van der Waals surface area contributed by atoms with Gasteiger partial charge in [0.1, 0.15) is 6.54 Å². The Morgan fingerprint density at radius 1 is 1.22 bits per heavy atom. The number of nitrogens with one attached hydrogen (secondary N) is 2. The lowest BCUT2D eigenvalue weighted by molar-refractivity contribution is -0.115. The number of benzene rings is 1. The molecular weight excluding hydrogens is 399 g/mol. The number of aliphatic hydroxyl groups is 1. The van der Waals surface area contributed by atoms with Crippen molar-refractivity contribution in [1.29, 1.82) is 0 Å². The second-order valence-corrected chi connectivity index (χ2v) is 6.39. The van der Waals surface area contributed by atoms with E-state index in [1.807, 2.05) is 4.98 Å². The largest absolute Gasteiger partial charge is 0.436 e. The third-order valence-electron chi connectivity index (χ3n) is 3.62. The molecule has 2 heterocycles. The fourth-order valence-electron chi connectivity index (χ4n) is 2.36. The number of rotatable bonds is 3. The smallest absolute Gasteiger partial charge is 0.342 e. The molecule has 0 saturated heterocycles. The molecule has 1 aromatic heterocycles. The molecule has 0 aliphatic carbocycles. The molecule has 2 aromatic rings. The Morgan fingerprint density at radius 2 is 1.89 bits per heavy atom. The summed E-state index contributed by atoms with van der Waals surface area (Å²) in [4.78, 5) is 40.7. The number of aromatic amines is 2. The summed E-state index contributed by atoms with van der Waals surface area (Å²) in [6, 6.07) is 2.76. The van der Waals surface area contributed by atoms with Crippen LogP contribution in [0.15, 0.2) is 38.4 Å². The zero-order valence-corrected chi connectivity index (χ0v) is 15.3. The van der Waals surface area contributed by atoms with Gasteiger partial charge in [0.2, 0.25) is 5.90 Å². The van der Waals surface area contributed by atoms with E-state index in [1.54, 1.807) is 0 Å². The second kappa shape index (κ2) is 7.47. The highest BCUT2D eigenvalue weighted by Gasteiger charge is 2.22. The minimum Gasteiger partial charge on any atom is -0.436 e. The summed E-state index contributed by atoms with van der Waals surface area (Å²) < 4.78 is 5.57. The highest BCUT2D eigenvalue weighted by atomic mass is 35.5. The topological polar surface area (TPSA) is 138 Å². The van der Waals surface area contributed by atoms with Crippen molar-refractivity contribution >= 4 is 34.9 Å². The van der Waals surface area contributed by atoms with Gasteiger partial charge >= 0.3 is 5.69 Å². The first-order valence-electron chi connectivity index (χ1n) is 7.60. The Balaban J connectivity index is 1.96. The quantitative estimate of drug-likeness (QED) is 0.692. The number of carbonyl (C=O) groups is 1.